The van der Waals surface area contributed by atoms with E-state index in [4.69, 9.17) is 14.2 Å². The normalized spacial score (nSPS) is 18.8. The summed E-state index contributed by atoms with van der Waals surface area (Å²) in [4.78, 5) is 14.1. The number of carbonyl (C=O) groups is 1. The van der Waals surface area contributed by atoms with Crippen molar-refractivity contribution in [3.63, 3.8) is 0 Å². The van der Waals surface area contributed by atoms with E-state index in [1.165, 1.54) is 0 Å². The Labute approximate surface area is 134 Å². The number of carbonyl (C=O) groups excluding carboxylic acids is 1. The highest BCUT2D eigenvalue weighted by Crippen LogP contribution is 2.13. The van der Waals surface area contributed by atoms with Crippen LogP contribution in [-0.2, 0) is 14.2 Å². The van der Waals surface area contributed by atoms with Crippen molar-refractivity contribution in [1.82, 2.24) is 10.2 Å². The zero-order chi connectivity index (χ0) is 16.8. The number of hydrogen-bond acceptors (Lipinski definition) is 5. The van der Waals surface area contributed by atoms with E-state index in [0.29, 0.717) is 6.54 Å². The molecule has 0 aromatic heterocycles. The Hall–Kier alpha value is -0.850. The molecular weight excluding hydrogens is 284 g/mol. The molecular formula is C16H32N2O4. The summed E-state index contributed by atoms with van der Waals surface area (Å²) in [6, 6.07) is 0. The van der Waals surface area contributed by atoms with Gasteiger partial charge in [0.1, 0.15) is 5.60 Å². The molecule has 0 aromatic carbocycles. The Balaban J connectivity index is 2.48. The molecule has 1 amide bonds. The average Bonchev–Trinajstić information content (AvgIpc) is 2.33. The van der Waals surface area contributed by atoms with E-state index in [-0.39, 0.29) is 11.7 Å². The van der Waals surface area contributed by atoms with Gasteiger partial charge in [-0.3, -0.25) is 4.90 Å². The summed E-state index contributed by atoms with van der Waals surface area (Å²) in [5.74, 6) is 0. The molecule has 1 heterocycles. The minimum absolute atomic E-state index is 0.0781. The van der Waals surface area contributed by atoms with Crippen LogP contribution in [-0.4, -0.2) is 67.7 Å². The first-order valence-electron chi connectivity index (χ1n) is 8.00. The van der Waals surface area contributed by atoms with E-state index >= 15 is 0 Å². The number of rotatable bonds is 5. The third-order valence-electron chi connectivity index (χ3n) is 2.96. The number of nitrogens with one attached hydrogen (secondary N) is 1. The van der Waals surface area contributed by atoms with Gasteiger partial charge in [-0.1, -0.05) is 0 Å². The zero-order valence-electron chi connectivity index (χ0n) is 14.9. The molecule has 1 aliphatic rings. The first kappa shape index (κ1) is 19.2. The molecule has 6 heteroatoms. The van der Waals surface area contributed by atoms with E-state index < -0.39 is 11.7 Å². The number of ether oxygens (including phenoxy) is 3. The van der Waals surface area contributed by atoms with Crippen molar-refractivity contribution >= 4 is 6.09 Å². The minimum Gasteiger partial charge on any atom is -0.444 e. The molecule has 0 aromatic rings. The quantitative estimate of drug-likeness (QED) is 0.841. The predicted molar refractivity (Wildman–Crippen MR) is 86.1 cm³/mol. The predicted octanol–water partition coefficient (Wildman–Crippen LogP) is 2.03. The Kier molecular flexibility index (Phi) is 7.09. The molecule has 1 N–H and O–H groups in total. The molecule has 0 aliphatic carbocycles. The van der Waals surface area contributed by atoms with E-state index in [2.05, 4.69) is 10.2 Å². The second-order valence-corrected chi connectivity index (χ2v) is 7.65. The number of nitrogens with zero attached hydrogens (tertiary/aromatic N) is 1. The molecule has 0 radical (unpaired) electrons. The molecule has 0 saturated carbocycles. The number of hydrogen-bond donors (Lipinski definition) is 1. The lowest BCUT2D eigenvalue weighted by atomic mass is 10.1. The molecule has 0 unspecified atom stereocenters. The van der Waals surface area contributed by atoms with Gasteiger partial charge < -0.3 is 19.5 Å². The van der Waals surface area contributed by atoms with E-state index in [1.54, 1.807) is 0 Å². The van der Waals surface area contributed by atoms with Gasteiger partial charge in [-0.2, -0.15) is 0 Å². The van der Waals surface area contributed by atoms with Gasteiger partial charge in [0, 0.05) is 26.2 Å². The number of morpholine rings is 1. The second-order valence-electron chi connectivity index (χ2n) is 7.65. The van der Waals surface area contributed by atoms with Gasteiger partial charge >= 0.3 is 6.09 Å². The van der Waals surface area contributed by atoms with Crippen LogP contribution < -0.4 is 5.32 Å². The largest absolute Gasteiger partial charge is 0.444 e. The molecule has 22 heavy (non-hydrogen) atoms. The van der Waals surface area contributed by atoms with Crippen molar-refractivity contribution in [3.05, 3.63) is 0 Å². The van der Waals surface area contributed by atoms with Crippen molar-refractivity contribution in [2.75, 3.05) is 39.4 Å². The van der Waals surface area contributed by atoms with Gasteiger partial charge in [-0.25, -0.2) is 4.79 Å². The van der Waals surface area contributed by atoms with Gasteiger partial charge in [-0.15, -0.1) is 0 Å². The Bertz CT molecular complexity index is 341. The fourth-order valence-corrected chi connectivity index (χ4v) is 2.23. The van der Waals surface area contributed by atoms with Gasteiger partial charge in [0.05, 0.1) is 24.9 Å². The maximum Gasteiger partial charge on any atom is 0.407 e. The van der Waals surface area contributed by atoms with Crippen LogP contribution >= 0.6 is 0 Å². The Morgan fingerprint density at radius 3 is 2.23 bits per heavy atom. The number of amides is 1. The van der Waals surface area contributed by atoms with Crippen molar-refractivity contribution in [2.45, 2.75) is 58.8 Å². The van der Waals surface area contributed by atoms with Crippen LogP contribution in [0, 0.1) is 0 Å². The number of alkyl carbamates (subject to hydrolysis) is 1. The molecule has 6 nitrogen and oxygen atoms in total. The molecule has 130 valence electrons. The lowest BCUT2D eigenvalue weighted by Gasteiger charge is -2.34. The standard InChI is InChI=1S/C16H32N2O4/c1-15(2,3)21-13(12-18-7-9-20-10-8-18)11-17-14(19)22-16(4,5)6/h13H,7-12H2,1-6H3,(H,17,19)/t13-/m1/s1. The van der Waals surface area contributed by atoms with Gasteiger partial charge in [-0.05, 0) is 41.5 Å². The second kappa shape index (κ2) is 8.13. The molecule has 0 spiro atoms. The van der Waals surface area contributed by atoms with Crippen LogP contribution in [0.3, 0.4) is 0 Å². The van der Waals surface area contributed by atoms with Crippen molar-refractivity contribution < 1.29 is 19.0 Å². The summed E-state index contributed by atoms with van der Waals surface area (Å²) < 4.78 is 16.7. The minimum atomic E-state index is -0.491. The highest BCUT2D eigenvalue weighted by Gasteiger charge is 2.24. The third kappa shape index (κ3) is 9.23. The summed E-state index contributed by atoms with van der Waals surface area (Å²) in [6.45, 7) is 16.1. The van der Waals surface area contributed by atoms with Crippen molar-refractivity contribution in [3.8, 4) is 0 Å². The van der Waals surface area contributed by atoms with Gasteiger partial charge in [0.2, 0.25) is 0 Å². The maximum atomic E-state index is 11.8. The van der Waals surface area contributed by atoms with E-state index in [0.717, 1.165) is 32.8 Å². The smallest absolute Gasteiger partial charge is 0.407 e. The molecule has 1 rings (SSSR count). The fourth-order valence-electron chi connectivity index (χ4n) is 2.23. The first-order chi connectivity index (χ1) is 10.1. The molecule has 1 fully saturated rings. The lowest BCUT2D eigenvalue weighted by molar-refractivity contribution is -0.0793. The third-order valence-corrected chi connectivity index (χ3v) is 2.96. The summed E-state index contributed by atoms with van der Waals surface area (Å²) in [5.41, 5.74) is -0.749. The highest BCUT2D eigenvalue weighted by atomic mass is 16.6. The summed E-state index contributed by atoms with van der Waals surface area (Å²) in [7, 11) is 0. The van der Waals surface area contributed by atoms with Crippen LogP contribution in [0.25, 0.3) is 0 Å². The van der Waals surface area contributed by atoms with E-state index in [1.807, 2.05) is 41.5 Å². The molecule has 0 bridgehead atoms. The van der Waals surface area contributed by atoms with Crippen LogP contribution in [0.5, 0.6) is 0 Å². The molecule has 1 saturated heterocycles. The fraction of sp³-hybridized carbons (Fsp3) is 0.938. The highest BCUT2D eigenvalue weighted by molar-refractivity contribution is 5.67. The van der Waals surface area contributed by atoms with Crippen molar-refractivity contribution in [1.29, 1.82) is 0 Å². The van der Waals surface area contributed by atoms with Crippen LogP contribution in [0.4, 0.5) is 4.79 Å². The zero-order valence-corrected chi connectivity index (χ0v) is 14.9. The van der Waals surface area contributed by atoms with Crippen molar-refractivity contribution in [2.24, 2.45) is 0 Å². The lowest BCUT2D eigenvalue weighted by Crippen LogP contribution is -2.48. The Morgan fingerprint density at radius 1 is 1.14 bits per heavy atom. The topological polar surface area (TPSA) is 60.0 Å². The summed E-state index contributed by atoms with van der Waals surface area (Å²) in [6.07, 6.45) is -0.484. The molecule has 1 atom stereocenters. The van der Waals surface area contributed by atoms with Crippen LogP contribution in [0.15, 0.2) is 0 Å². The SMILES string of the molecule is CC(C)(C)OC(=O)NC[C@H](CN1CCOCC1)OC(C)(C)C. The monoisotopic (exact) mass is 316 g/mol. The maximum absolute atomic E-state index is 11.8. The van der Waals surface area contributed by atoms with Gasteiger partial charge in [0.25, 0.3) is 0 Å². The van der Waals surface area contributed by atoms with Crippen LogP contribution in [0.1, 0.15) is 41.5 Å². The molecule has 1 aliphatic heterocycles. The summed E-state index contributed by atoms with van der Waals surface area (Å²) >= 11 is 0. The average molecular weight is 316 g/mol. The first-order valence-corrected chi connectivity index (χ1v) is 8.00. The van der Waals surface area contributed by atoms with Crippen LogP contribution in [0.2, 0.25) is 0 Å². The van der Waals surface area contributed by atoms with E-state index in [9.17, 15) is 4.79 Å². The summed E-state index contributed by atoms with van der Waals surface area (Å²) in [5, 5.41) is 2.81. The van der Waals surface area contributed by atoms with Gasteiger partial charge in [0.15, 0.2) is 0 Å². The Morgan fingerprint density at radius 2 is 1.73 bits per heavy atom.